The Morgan fingerprint density at radius 2 is 2.19 bits per heavy atom. The van der Waals surface area contributed by atoms with E-state index in [0.717, 1.165) is 5.39 Å². The van der Waals surface area contributed by atoms with Gasteiger partial charge >= 0.3 is 5.97 Å². The molecule has 0 fully saturated rings. The number of carbonyl (C=O) groups is 1. The first-order chi connectivity index (χ1) is 7.58. The fraction of sp³-hybridized carbons (Fsp3) is 0.0833. The van der Waals surface area contributed by atoms with Gasteiger partial charge in [0.2, 0.25) is 0 Å². The Labute approximate surface area is 91.4 Å². The minimum Gasteiger partial charge on any atom is -0.478 e. The van der Waals surface area contributed by atoms with Gasteiger partial charge in [-0.2, -0.15) is 0 Å². The van der Waals surface area contributed by atoms with Gasteiger partial charge in [0.25, 0.3) is 0 Å². The zero-order chi connectivity index (χ0) is 11.7. The van der Waals surface area contributed by atoms with Crippen LogP contribution < -0.4 is 0 Å². The number of aromatic nitrogens is 1. The molecule has 1 aromatic carbocycles. The van der Waals surface area contributed by atoms with Crippen LogP contribution in [-0.4, -0.2) is 15.6 Å². The number of aliphatic carboxylic acids is 1. The number of carboxylic acids is 1. The molecular weight excluding hydrogens is 209 g/mol. The SMILES string of the molecule is C=C(Cn1ccc2ccc(F)cc21)C(=O)O. The highest BCUT2D eigenvalue weighted by molar-refractivity contribution is 5.86. The number of benzene rings is 1. The van der Waals surface area contributed by atoms with Crippen LogP contribution in [0.15, 0.2) is 42.6 Å². The summed E-state index contributed by atoms with van der Waals surface area (Å²) >= 11 is 0. The second-order valence-corrected chi connectivity index (χ2v) is 3.56. The van der Waals surface area contributed by atoms with Crippen LogP contribution in [0.2, 0.25) is 0 Å². The maximum Gasteiger partial charge on any atom is 0.332 e. The van der Waals surface area contributed by atoms with Gasteiger partial charge in [-0.15, -0.1) is 0 Å². The average molecular weight is 219 g/mol. The second-order valence-electron chi connectivity index (χ2n) is 3.56. The Morgan fingerprint density at radius 1 is 1.44 bits per heavy atom. The summed E-state index contributed by atoms with van der Waals surface area (Å²) in [4.78, 5) is 10.6. The maximum atomic E-state index is 13.0. The first-order valence-corrected chi connectivity index (χ1v) is 4.73. The molecule has 0 spiro atoms. The van der Waals surface area contributed by atoms with Crippen molar-refractivity contribution in [2.75, 3.05) is 0 Å². The highest BCUT2D eigenvalue weighted by Crippen LogP contribution is 2.18. The summed E-state index contributed by atoms with van der Waals surface area (Å²) in [6, 6.07) is 6.22. The lowest BCUT2D eigenvalue weighted by molar-refractivity contribution is -0.132. The summed E-state index contributed by atoms with van der Waals surface area (Å²) in [7, 11) is 0. The lowest BCUT2D eigenvalue weighted by Gasteiger charge is -2.04. The number of nitrogens with zero attached hydrogens (tertiary/aromatic N) is 1. The summed E-state index contributed by atoms with van der Waals surface area (Å²) in [5.74, 6) is -1.38. The van der Waals surface area contributed by atoms with Gasteiger partial charge in [-0.1, -0.05) is 6.58 Å². The smallest absolute Gasteiger partial charge is 0.332 e. The van der Waals surface area contributed by atoms with Gasteiger partial charge in [-0.3, -0.25) is 0 Å². The molecule has 0 bridgehead atoms. The number of hydrogen-bond acceptors (Lipinski definition) is 1. The topological polar surface area (TPSA) is 42.2 Å². The summed E-state index contributed by atoms with van der Waals surface area (Å²) in [5.41, 5.74) is 0.740. The van der Waals surface area contributed by atoms with Crippen LogP contribution in [0.25, 0.3) is 10.9 Å². The molecule has 4 heteroatoms. The van der Waals surface area contributed by atoms with E-state index >= 15 is 0 Å². The molecule has 0 saturated carbocycles. The van der Waals surface area contributed by atoms with Crippen molar-refractivity contribution in [2.45, 2.75) is 6.54 Å². The number of rotatable bonds is 3. The van der Waals surface area contributed by atoms with Crippen LogP contribution in [0.3, 0.4) is 0 Å². The standard InChI is InChI=1S/C12H10FNO2/c1-8(12(15)16)7-14-5-4-9-2-3-10(13)6-11(9)14/h2-6H,1,7H2,(H,15,16). The second kappa shape index (κ2) is 3.81. The molecular formula is C12H10FNO2. The van der Waals surface area contributed by atoms with E-state index in [1.807, 2.05) is 6.07 Å². The zero-order valence-corrected chi connectivity index (χ0v) is 8.48. The van der Waals surface area contributed by atoms with Gasteiger partial charge in [-0.05, 0) is 29.7 Å². The van der Waals surface area contributed by atoms with E-state index in [1.165, 1.54) is 12.1 Å². The Morgan fingerprint density at radius 3 is 2.88 bits per heavy atom. The largest absolute Gasteiger partial charge is 0.478 e. The van der Waals surface area contributed by atoms with Gasteiger partial charge in [0.1, 0.15) is 5.82 Å². The highest BCUT2D eigenvalue weighted by atomic mass is 19.1. The highest BCUT2D eigenvalue weighted by Gasteiger charge is 2.07. The van der Waals surface area contributed by atoms with E-state index in [1.54, 1.807) is 16.8 Å². The quantitative estimate of drug-likeness (QED) is 0.805. The molecule has 82 valence electrons. The van der Waals surface area contributed by atoms with E-state index in [0.29, 0.717) is 5.52 Å². The Hall–Kier alpha value is -2.10. The minimum atomic E-state index is -1.04. The lowest BCUT2D eigenvalue weighted by Crippen LogP contribution is -2.07. The van der Waals surface area contributed by atoms with E-state index < -0.39 is 5.97 Å². The van der Waals surface area contributed by atoms with Crippen molar-refractivity contribution in [3.05, 3.63) is 48.4 Å². The first kappa shape index (κ1) is 10.4. The van der Waals surface area contributed by atoms with E-state index in [2.05, 4.69) is 6.58 Å². The number of hydrogen-bond donors (Lipinski definition) is 1. The molecule has 0 aliphatic carbocycles. The van der Waals surface area contributed by atoms with Crippen LogP contribution in [-0.2, 0) is 11.3 Å². The van der Waals surface area contributed by atoms with Crippen LogP contribution in [0, 0.1) is 5.82 Å². The van der Waals surface area contributed by atoms with Crippen LogP contribution in [0.4, 0.5) is 4.39 Å². The van der Waals surface area contributed by atoms with Crippen molar-refractivity contribution in [2.24, 2.45) is 0 Å². The van der Waals surface area contributed by atoms with Crippen molar-refractivity contribution >= 4 is 16.9 Å². The van der Waals surface area contributed by atoms with Crippen LogP contribution in [0.1, 0.15) is 0 Å². The fourth-order valence-corrected chi connectivity index (χ4v) is 1.57. The predicted octanol–water partition coefficient (Wildman–Crippen LogP) is 2.42. The first-order valence-electron chi connectivity index (χ1n) is 4.73. The molecule has 1 N–H and O–H groups in total. The fourth-order valence-electron chi connectivity index (χ4n) is 1.57. The number of halogens is 1. The molecule has 16 heavy (non-hydrogen) atoms. The molecule has 0 aliphatic heterocycles. The van der Waals surface area contributed by atoms with Gasteiger partial charge in [-0.25, -0.2) is 9.18 Å². The number of carboxylic acid groups (broad SMARTS) is 1. The third-order valence-electron chi connectivity index (χ3n) is 2.40. The van der Waals surface area contributed by atoms with Gasteiger partial charge in [0.15, 0.2) is 0 Å². The normalized spacial score (nSPS) is 10.6. The molecule has 1 aromatic heterocycles. The molecule has 2 aromatic rings. The summed E-state index contributed by atoms with van der Waals surface area (Å²) < 4.78 is 14.7. The maximum absolute atomic E-state index is 13.0. The van der Waals surface area contributed by atoms with Crippen molar-refractivity contribution in [3.63, 3.8) is 0 Å². The molecule has 1 heterocycles. The molecule has 0 saturated heterocycles. The summed E-state index contributed by atoms with van der Waals surface area (Å²) in [5, 5.41) is 9.60. The molecule has 0 unspecified atom stereocenters. The summed E-state index contributed by atoms with van der Waals surface area (Å²) in [6.07, 6.45) is 1.72. The van der Waals surface area contributed by atoms with Crippen molar-refractivity contribution in [3.8, 4) is 0 Å². The average Bonchev–Trinajstić information content (AvgIpc) is 2.61. The Balaban J connectivity index is 2.41. The number of fused-ring (bicyclic) bond motifs is 1. The van der Waals surface area contributed by atoms with Gasteiger partial charge in [0.05, 0.1) is 12.1 Å². The Bertz CT molecular complexity index is 571. The minimum absolute atomic E-state index is 0.0711. The van der Waals surface area contributed by atoms with Gasteiger partial charge in [0, 0.05) is 11.8 Å². The van der Waals surface area contributed by atoms with E-state index in [-0.39, 0.29) is 17.9 Å². The van der Waals surface area contributed by atoms with Gasteiger partial charge < -0.3 is 9.67 Å². The molecule has 0 aliphatic rings. The molecule has 0 amide bonds. The zero-order valence-electron chi connectivity index (χ0n) is 8.48. The third kappa shape index (κ3) is 1.82. The van der Waals surface area contributed by atoms with Crippen molar-refractivity contribution < 1.29 is 14.3 Å². The molecule has 2 rings (SSSR count). The molecule has 0 radical (unpaired) electrons. The molecule has 3 nitrogen and oxygen atoms in total. The van der Waals surface area contributed by atoms with Crippen molar-refractivity contribution in [1.29, 1.82) is 0 Å². The van der Waals surface area contributed by atoms with E-state index in [9.17, 15) is 9.18 Å². The monoisotopic (exact) mass is 219 g/mol. The third-order valence-corrected chi connectivity index (χ3v) is 2.40. The van der Waals surface area contributed by atoms with Crippen LogP contribution >= 0.6 is 0 Å². The Kier molecular flexibility index (Phi) is 2.48. The lowest BCUT2D eigenvalue weighted by atomic mass is 10.2. The van der Waals surface area contributed by atoms with Crippen LogP contribution in [0.5, 0.6) is 0 Å². The molecule has 0 atom stereocenters. The summed E-state index contributed by atoms with van der Waals surface area (Å²) in [6.45, 7) is 3.60. The van der Waals surface area contributed by atoms with E-state index in [4.69, 9.17) is 5.11 Å². The predicted molar refractivity (Wildman–Crippen MR) is 58.7 cm³/mol. The van der Waals surface area contributed by atoms with Crippen molar-refractivity contribution in [1.82, 2.24) is 4.57 Å².